The van der Waals surface area contributed by atoms with Gasteiger partial charge < -0.3 is 28.5 Å². The van der Waals surface area contributed by atoms with E-state index in [9.17, 15) is 19.7 Å². The van der Waals surface area contributed by atoms with Crippen LogP contribution in [0.1, 0.15) is 69.2 Å². The normalized spacial score (nSPS) is 11.8. The number of carbonyl (C=O) groups is 2. The van der Waals surface area contributed by atoms with E-state index in [-0.39, 0.29) is 34.7 Å². The van der Waals surface area contributed by atoms with E-state index in [2.05, 4.69) is 18.7 Å². The molecule has 2 atom stereocenters. The molecule has 0 amide bonds. The lowest BCUT2D eigenvalue weighted by Crippen LogP contribution is -2.42. The zero-order chi connectivity index (χ0) is 22.9. The molecule has 0 saturated heterocycles. The molecule has 0 aliphatic heterocycles. The van der Waals surface area contributed by atoms with Crippen molar-refractivity contribution >= 4 is 12.1 Å². The third-order valence-corrected chi connectivity index (χ3v) is 3.03. The summed E-state index contributed by atoms with van der Waals surface area (Å²) in [6, 6.07) is 0. The van der Waals surface area contributed by atoms with Gasteiger partial charge in [-0.3, -0.25) is 0 Å². The van der Waals surface area contributed by atoms with Gasteiger partial charge in [-0.05, 0) is 27.2 Å². The summed E-state index contributed by atoms with van der Waals surface area (Å²) in [7, 11) is 1.49. The van der Waals surface area contributed by atoms with E-state index in [1.165, 1.54) is 20.5 Å². The quantitative estimate of drug-likeness (QED) is 0.171. The Morgan fingerprint density at radius 3 is 2.03 bits per heavy atom. The van der Waals surface area contributed by atoms with Crippen LogP contribution < -0.4 is 0 Å². The molecule has 0 N–H and O–H groups in total. The monoisotopic (exact) mass is 457 g/mol. The van der Waals surface area contributed by atoms with Crippen molar-refractivity contribution in [3.63, 3.8) is 0 Å². The van der Waals surface area contributed by atoms with Crippen LogP contribution in [0.4, 0.5) is 4.79 Å². The third kappa shape index (κ3) is 20.9. The van der Waals surface area contributed by atoms with Gasteiger partial charge in [0.1, 0.15) is 25.9 Å². The standard InChI is InChI=1S/C15H27NO10.C3H8.2CH4/c1-6-12(26-15(3,4)13(17)22-8-7-21-5)10-23-14(18)25-11(2)9-24-16(19)20;1-3-2;;/h11-12H,6-10H2,1-5H3;3H2,1-2H3;2*1H4. The molecule has 0 bridgehead atoms. The number of rotatable bonds is 13. The summed E-state index contributed by atoms with van der Waals surface area (Å²) in [6.07, 6.45) is -0.742. The first-order valence-electron chi connectivity index (χ1n) is 9.48. The van der Waals surface area contributed by atoms with Gasteiger partial charge in [0.2, 0.25) is 0 Å². The van der Waals surface area contributed by atoms with E-state index in [4.69, 9.17) is 23.7 Å². The van der Waals surface area contributed by atoms with E-state index in [0.29, 0.717) is 6.42 Å². The number of carbonyl (C=O) groups excluding carboxylic acids is 2. The molecule has 0 aromatic heterocycles. The van der Waals surface area contributed by atoms with E-state index in [1.807, 2.05) is 0 Å². The molecule has 0 aromatic rings. The summed E-state index contributed by atoms with van der Waals surface area (Å²) in [4.78, 5) is 37.7. The molecule has 31 heavy (non-hydrogen) atoms. The summed E-state index contributed by atoms with van der Waals surface area (Å²) in [5, 5.41) is 9.08. The number of esters is 1. The van der Waals surface area contributed by atoms with Crippen LogP contribution in [0.15, 0.2) is 0 Å². The molecular weight excluding hydrogens is 414 g/mol. The van der Waals surface area contributed by atoms with Crippen molar-refractivity contribution in [1.29, 1.82) is 0 Å². The van der Waals surface area contributed by atoms with E-state index in [1.54, 1.807) is 20.8 Å². The number of hydrogen-bond acceptors (Lipinski definition) is 10. The highest BCUT2D eigenvalue weighted by Gasteiger charge is 2.33. The van der Waals surface area contributed by atoms with Crippen LogP contribution in [0.2, 0.25) is 0 Å². The van der Waals surface area contributed by atoms with Crippen molar-refractivity contribution in [2.75, 3.05) is 33.5 Å². The smallest absolute Gasteiger partial charge is 0.461 e. The minimum atomic E-state index is -1.24. The van der Waals surface area contributed by atoms with Crippen molar-refractivity contribution in [2.24, 2.45) is 0 Å². The van der Waals surface area contributed by atoms with Crippen molar-refractivity contribution in [3.05, 3.63) is 10.1 Å². The fourth-order valence-corrected chi connectivity index (χ4v) is 1.65. The maximum absolute atomic E-state index is 12.0. The maximum atomic E-state index is 12.0. The number of nitrogens with zero attached hydrogens (tertiary/aromatic N) is 1. The minimum absolute atomic E-state index is 0. The molecule has 0 heterocycles. The van der Waals surface area contributed by atoms with Crippen molar-refractivity contribution < 1.29 is 43.2 Å². The van der Waals surface area contributed by atoms with Crippen molar-refractivity contribution in [3.8, 4) is 0 Å². The van der Waals surface area contributed by atoms with Gasteiger partial charge in [-0.2, -0.15) is 0 Å². The van der Waals surface area contributed by atoms with Gasteiger partial charge in [0.25, 0.3) is 5.09 Å². The zero-order valence-corrected chi connectivity index (χ0v) is 18.4. The molecule has 11 heteroatoms. The second kappa shape index (κ2) is 21.1. The molecule has 0 spiro atoms. The first-order valence-corrected chi connectivity index (χ1v) is 9.48. The predicted molar refractivity (Wildman–Crippen MR) is 116 cm³/mol. The van der Waals surface area contributed by atoms with Crippen molar-refractivity contribution in [1.82, 2.24) is 0 Å². The molecule has 11 nitrogen and oxygen atoms in total. The molecule has 0 aliphatic rings. The van der Waals surface area contributed by atoms with Gasteiger partial charge in [0, 0.05) is 7.11 Å². The number of hydrogen-bond donors (Lipinski definition) is 0. The van der Waals surface area contributed by atoms with Crippen LogP contribution in [0.25, 0.3) is 0 Å². The van der Waals surface area contributed by atoms with Crippen LogP contribution >= 0.6 is 0 Å². The second-order valence-electron chi connectivity index (χ2n) is 6.50. The summed E-state index contributed by atoms with van der Waals surface area (Å²) < 4.78 is 25.2. The largest absolute Gasteiger partial charge is 0.508 e. The average Bonchev–Trinajstić information content (AvgIpc) is 2.64. The molecule has 188 valence electrons. The zero-order valence-electron chi connectivity index (χ0n) is 18.4. The number of ether oxygens (including phenoxy) is 5. The highest BCUT2D eigenvalue weighted by atomic mass is 17.0. The third-order valence-electron chi connectivity index (χ3n) is 3.03. The van der Waals surface area contributed by atoms with Gasteiger partial charge in [0.05, 0.1) is 12.7 Å². The fraction of sp³-hybridized carbons (Fsp3) is 0.900. The average molecular weight is 458 g/mol. The van der Waals surface area contributed by atoms with Crippen LogP contribution in [-0.2, 0) is 33.3 Å². The molecule has 2 unspecified atom stereocenters. The Kier molecular flexibility index (Phi) is 24.7. The lowest BCUT2D eigenvalue weighted by molar-refractivity contribution is -0.759. The van der Waals surface area contributed by atoms with Crippen LogP contribution in [-0.4, -0.2) is 68.6 Å². The Morgan fingerprint density at radius 1 is 1.03 bits per heavy atom. The SMILES string of the molecule is C.C.CCC.CCC(COC(=O)OC(C)CO[N+](=O)[O-])OC(C)(C)C(=O)OCCOC. The van der Waals surface area contributed by atoms with Crippen LogP contribution in [0.3, 0.4) is 0 Å². The van der Waals surface area contributed by atoms with E-state index < -0.39 is 41.6 Å². The van der Waals surface area contributed by atoms with Gasteiger partial charge >= 0.3 is 12.1 Å². The lowest BCUT2D eigenvalue weighted by Gasteiger charge is -2.28. The highest BCUT2D eigenvalue weighted by molar-refractivity contribution is 5.78. The first kappa shape index (κ1) is 36.2. The van der Waals surface area contributed by atoms with Gasteiger partial charge in [-0.25, -0.2) is 9.59 Å². The summed E-state index contributed by atoms with van der Waals surface area (Å²) in [5.74, 6) is -0.568. The van der Waals surface area contributed by atoms with Crippen LogP contribution in [0.5, 0.6) is 0 Å². The van der Waals surface area contributed by atoms with Crippen LogP contribution in [0, 0.1) is 10.1 Å². The van der Waals surface area contributed by atoms with Gasteiger partial charge in [-0.15, -0.1) is 10.1 Å². The Morgan fingerprint density at radius 2 is 1.58 bits per heavy atom. The maximum Gasteiger partial charge on any atom is 0.508 e. The topological polar surface area (TPSA) is 133 Å². The molecule has 0 aliphatic carbocycles. The summed E-state index contributed by atoms with van der Waals surface area (Å²) >= 11 is 0. The summed E-state index contributed by atoms with van der Waals surface area (Å²) in [6.45, 7) is 10.3. The van der Waals surface area contributed by atoms with E-state index >= 15 is 0 Å². The Bertz CT molecular complexity index is 471. The van der Waals surface area contributed by atoms with Gasteiger partial charge in [0.15, 0.2) is 5.60 Å². The molecular formula is C20H43NO10. The Labute approximate surface area is 186 Å². The molecule has 0 aromatic carbocycles. The Hall–Kier alpha value is -2.14. The molecule has 0 fully saturated rings. The van der Waals surface area contributed by atoms with Crippen molar-refractivity contribution in [2.45, 2.75) is 87.0 Å². The number of methoxy groups -OCH3 is 1. The minimum Gasteiger partial charge on any atom is -0.461 e. The lowest BCUT2D eigenvalue weighted by atomic mass is 10.1. The highest BCUT2D eigenvalue weighted by Crippen LogP contribution is 2.17. The van der Waals surface area contributed by atoms with Gasteiger partial charge in [-0.1, -0.05) is 42.0 Å². The first-order chi connectivity index (χ1) is 13.5. The molecule has 0 radical (unpaired) electrons. The molecule has 0 saturated carbocycles. The summed E-state index contributed by atoms with van der Waals surface area (Å²) in [5.41, 5.74) is -1.24. The fourth-order valence-electron chi connectivity index (χ4n) is 1.65. The van der Waals surface area contributed by atoms with E-state index in [0.717, 1.165) is 0 Å². The predicted octanol–water partition coefficient (Wildman–Crippen LogP) is 4.19. The Balaban J connectivity index is -0.000000685. The molecule has 0 rings (SSSR count). The second-order valence-corrected chi connectivity index (χ2v) is 6.50.